The maximum absolute atomic E-state index is 2.58. The minimum absolute atomic E-state index is 0.241. The molecule has 6 aromatic rings. The SMILES string of the molecule is Cc1cccc2c1Cc1cccc3c1B2c1ccccc1C31c2ccccc2N2c3cccc(C)c3Cc3cccc1c32. The summed E-state index contributed by atoms with van der Waals surface area (Å²) in [4.78, 5) is 2.58. The third-order valence-electron chi connectivity index (χ3n) is 11.0. The predicted octanol–water partition coefficient (Wildman–Crippen LogP) is 7.11. The number of hydrogen-bond donors (Lipinski definition) is 0. The molecule has 0 aromatic heterocycles. The number of hydrogen-bond acceptors (Lipinski definition) is 1. The van der Waals surface area contributed by atoms with Crippen LogP contribution in [0.5, 0.6) is 0 Å². The van der Waals surface area contributed by atoms with Crippen LogP contribution in [0.25, 0.3) is 0 Å². The van der Waals surface area contributed by atoms with Crippen molar-refractivity contribution in [2.75, 3.05) is 4.90 Å². The number of rotatable bonds is 0. The van der Waals surface area contributed by atoms with Crippen molar-refractivity contribution in [3.8, 4) is 0 Å². The zero-order valence-corrected chi connectivity index (χ0v) is 24.5. The van der Waals surface area contributed by atoms with Gasteiger partial charge in [0.05, 0.1) is 16.8 Å². The van der Waals surface area contributed by atoms with Crippen molar-refractivity contribution in [2.24, 2.45) is 0 Å². The molecule has 10 rings (SSSR count). The summed E-state index contributed by atoms with van der Waals surface area (Å²) in [5, 5.41) is 0. The zero-order chi connectivity index (χ0) is 28.4. The molecule has 0 saturated heterocycles. The average Bonchev–Trinajstić information content (AvgIpc) is 3.04. The van der Waals surface area contributed by atoms with Gasteiger partial charge >= 0.3 is 0 Å². The average molecular weight is 548 g/mol. The molecule has 0 bridgehead atoms. The number of aryl methyl sites for hydroxylation is 2. The Labute approximate surface area is 253 Å². The van der Waals surface area contributed by atoms with Crippen molar-refractivity contribution >= 4 is 40.2 Å². The molecule has 0 N–H and O–H groups in total. The summed E-state index contributed by atoms with van der Waals surface area (Å²) < 4.78 is 0. The van der Waals surface area contributed by atoms with Crippen LogP contribution < -0.4 is 21.3 Å². The molecule has 0 aliphatic carbocycles. The number of para-hydroxylation sites is 2. The molecule has 0 fully saturated rings. The third kappa shape index (κ3) is 2.76. The van der Waals surface area contributed by atoms with Gasteiger partial charge in [-0.25, -0.2) is 0 Å². The van der Waals surface area contributed by atoms with Crippen LogP contribution >= 0.6 is 0 Å². The summed E-state index contributed by atoms with van der Waals surface area (Å²) in [7, 11) is 0. The van der Waals surface area contributed by atoms with Crippen molar-refractivity contribution in [2.45, 2.75) is 32.1 Å². The van der Waals surface area contributed by atoms with Gasteiger partial charge < -0.3 is 4.90 Å². The summed E-state index contributed by atoms with van der Waals surface area (Å²) in [6.07, 6.45) is 1.96. The van der Waals surface area contributed by atoms with E-state index in [0.717, 1.165) is 12.8 Å². The van der Waals surface area contributed by atoms with E-state index in [1.54, 1.807) is 0 Å². The maximum Gasteiger partial charge on any atom is 0.242 e. The highest BCUT2D eigenvalue weighted by atomic mass is 15.2. The molecule has 4 aliphatic rings. The Hall–Kier alpha value is -4.82. The highest BCUT2D eigenvalue weighted by Crippen LogP contribution is 2.60. The summed E-state index contributed by atoms with van der Waals surface area (Å²) in [6, 6.07) is 46.6. The number of nitrogens with zero attached hydrogens (tertiary/aromatic N) is 1. The topological polar surface area (TPSA) is 3.24 Å². The Morgan fingerprint density at radius 2 is 1.12 bits per heavy atom. The Morgan fingerprint density at radius 1 is 0.512 bits per heavy atom. The lowest BCUT2D eigenvalue weighted by atomic mass is 9.28. The Bertz CT molecular complexity index is 2030. The molecule has 1 spiro atoms. The van der Waals surface area contributed by atoms with E-state index < -0.39 is 5.41 Å². The molecule has 0 amide bonds. The lowest BCUT2D eigenvalue weighted by Gasteiger charge is -2.53. The first kappa shape index (κ1) is 23.7. The molecule has 2 heteroatoms. The second-order valence-electron chi connectivity index (χ2n) is 12.9. The molecule has 6 aromatic carbocycles. The molecular formula is C41H30BN. The second kappa shape index (κ2) is 8.17. The molecular weight excluding hydrogens is 517 g/mol. The van der Waals surface area contributed by atoms with E-state index in [2.05, 4.69) is 140 Å². The molecule has 43 heavy (non-hydrogen) atoms. The van der Waals surface area contributed by atoms with Crippen LogP contribution in [0, 0.1) is 13.8 Å². The number of anilines is 3. The van der Waals surface area contributed by atoms with Crippen molar-refractivity contribution in [1.29, 1.82) is 0 Å². The summed E-state index contributed by atoms with van der Waals surface area (Å²) in [5.74, 6) is 0. The second-order valence-corrected chi connectivity index (χ2v) is 12.9. The van der Waals surface area contributed by atoms with E-state index in [1.165, 1.54) is 89.1 Å². The van der Waals surface area contributed by atoms with Crippen LogP contribution in [0.2, 0.25) is 0 Å². The fourth-order valence-electron chi connectivity index (χ4n) is 9.28. The van der Waals surface area contributed by atoms with Crippen LogP contribution in [0.15, 0.2) is 121 Å². The Morgan fingerprint density at radius 3 is 2.00 bits per heavy atom. The van der Waals surface area contributed by atoms with Gasteiger partial charge in [-0.3, -0.25) is 0 Å². The standard InChI is InChI=1S/C41H30BN/c1-25-11-7-20-35-29(25)23-27-13-9-17-33-39(27)42(35)36-19-5-3-15-31(36)41(33)32-16-4-6-21-38(32)43-37-22-8-12-26(2)30(37)24-28-14-10-18-34(41)40(28)43/h3-22H,23-24H2,1-2H3. The first-order valence-electron chi connectivity index (χ1n) is 15.6. The first-order chi connectivity index (χ1) is 21.2. The van der Waals surface area contributed by atoms with E-state index in [0.29, 0.717) is 0 Å². The van der Waals surface area contributed by atoms with E-state index in [1.807, 2.05) is 0 Å². The normalized spacial score (nSPS) is 17.8. The minimum atomic E-state index is -0.403. The molecule has 0 radical (unpaired) electrons. The monoisotopic (exact) mass is 547 g/mol. The number of fused-ring (bicyclic) bond motifs is 12. The summed E-state index contributed by atoms with van der Waals surface area (Å²) in [5.41, 5.74) is 22.3. The largest absolute Gasteiger partial charge is 0.309 e. The van der Waals surface area contributed by atoms with Crippen molar-refractivity contribution in [3.63, 3.8) is 0 Å². The van der Waals surface area contributed by atoms with Gasteiger partial charge in [0.1, 0.15) is 0 Å². The van der Waals surface area contributed by atoms with Gasteiger partial charge in [0, 0.05) is 12.1 Å². The van der Waals surface area contributed by atoms with Crippen LogP contribution in [-0.4, -0.2) is 6.71 Å². The molecule has 1 unspecified atom stereocenters. The van der Waals surface area contributed by atoms with Crippen molar-refractivity contribution in [3.05, 3.63) is 177 Å². The quantitative estimate of drug-likeness (QED) is 0.183. The van der Waals surface area contributed by atoms with Crippen molar-refractivity contribution < 1.29 is 0 Å². The zero-order valence-electron chi connectivity index (χ0n) is 24.5. The highest BCUT2D eigenvalue weighted by Gasteiger charge is 2.54. The first-order valence-corrected chi connectivity index (χ1v) is 15.6. The van der Waals surface area contributed by atoms with Gasteiger partial charge in [-0.2, -0.15) is 0 Å². The van der Waals surface area contributed by atoms with Gasteiger partial charge in [-0.1, -0.05) is 126 Å². The summed E-state index contributed by atoms with van der Waals surface area (Å²) in [6.45, 7) is 4.79. The molecule has 202 valence electrons. The molecule has 4 aliphatic heterocycles. The van der Waals surface area contributed by atoms with Crippen LogP contribution in [0.4, 0.5) is 17.1 Å². The van der Waals surface area contributed by atoms with E-state index >= 15 is 0 Å². The van der Waals surface area contributed by atoms with Gasteiger partial charge in [0.25, 0.3) is 0 Å². The maximum atomic E-state index is 2.58. The predicted molar refractivity (Wildman–Crippen MR) is 179 cm³/mol. The van der Waals surface area contributed by atoms with Gasteiger partial charge in [-0.05, 0) is 88.0 Å². The van der Waals surface area contributed by atoms with E-state index in [9.17, 15) is 0 Å². The molecule has 1 atom stereocenters. The molecule has 4 heterocycles. The fraction of sp³-hybridized carbons (Fsp3) is 0.122. The Balaban J connectivity index is 1.38. The molecule has 1 nitrogen and oxygen atoms in total. The minimum Gasteiger partial charge on any atom is -0.309 e. The van der Waals surface area contributed by atoms with Gasteiger partial charge in [0.2, 0.25) is 6.71 Å². The smallest absolute Gasteiger partial charge is 0.242 e. The Kier molecular flexibility index (Phi) is 4.51. The van der Waals surface area contributed by atoms with Crippen molar-refractivity contribution in [1.82, 2.24) is 0 Å². The van der Waals surface area contributed by atoms with E-state index in [-0.39, 0.29) is 6.71 Å². The summed E-state index contributed by atoms with van der Waals surface area (Å²) >= 11 is 0. The lowest BCUT2D eigenvalue weighted by Crippen LogP contribution is -2.65. The van der Waals surface area contributed by atoms with E-state index in [4.69, 9.17) is 0 Å². The highest BCUT2D eigenvalue weighted by molar-refractivity contribution is 6.97. The van der Waals surface area contributed by atoms with Gasteiger partial charge in [-0.15, -0.1) is 0 Å². The number of benzene rings is 6. The fourth-order valence-corrected chi connectivity index (χ4v) is 9.28. The lowest BCUT2D eigenvalue weighted by molar-refractivity contribution is 0.730. The van der Waals surface area contributed by atoms with Crippen LogP contribution in [0.1, 0.15) is 55.6 Å². The van der Waals surface area contributed by atoms with Gasteiger partial charge in [0.15, 0.2) is 0 Å². The molecule has 0 saturated carbocycles. The third-order valence-corrected chi connectivity index (χ3v) is 11.0. The van der Waals surface area contributed by atoms with Crippen LogP contribution in [0.3, 0.4) is 0 Å². The van der Waals surface area contributed by atoms with Crippen LogP contribution in [-0.2, 0) is 18.3 Å².